The number of hydrogen-bond donors (Lipinski definition) is 0. The number of fused-ring (bicyclic) bond motifs is 4. The van der Waals surface area contributed by atoms with E-state index >= 15 is 0 Å². The Labute approximate surface area is 152 Å². The Hall–Kier alpha value is -2.69. The summed E-state index contributed by atoms with van der Waals surface area (Å²) in [5.74, 6) is 0.573. The maximum absolute atomic E-state index is 12.6. The number of carbonyl (C=O) groups excluding carboxylic acids is 2. The summed E-state index contributed by atoms with van der Waals surface area (Å²) in [6.45, 7) is 1.99. The molecule has 2 bridgehead atoms. The first kappa shape index (κ1) is 16.8. The molecule has 0 aliphatic carbocycles. The van der Waals surface area contributed by atoms with E-state index in [4.69, 9.17) is 0 Å². The second kappa shape index (κ2) is 6.90. The molecular weight excluding hydrogens is 328 g/mol. The quantitative estimate of drug-likeness (QED) is 0.796. The minimum atomic E-state index is 0.00746. The first-order valence-corrected chi connectivity index (χ1v) is 9.17. The van der Waals surface area contributed by atoms with Gasteiger partial charge >= 0.3 is 0 Å². The Bertz CT molecular complexity index is 888. The number of Topliss-reactive ketones (excluding diaryl/α,β-unsaturated/α-hetero) is 1. The van der Waals surface area contributed by atoms with Crippen molar-refractivity contribution in [3.8, 4) is 0 Å². The van der Waals surface area contributed by atoms with Gasteiger partial charge in [0.2, 0.25) is 5.91 Å². The van der Waals surface area contributed by atoms with Crippen LogP contribution < -0.4 is 5.56 Å². The molecule has 2 atom stereocenters. The van der Waals surface area contributed by atoms with Crippen LogP contribution in [0.2, 0.25) is 0 Å². The molecule has 2 aliphatic heterocycles. The minimum absolute atomic E-state index is 0.00746. The molecule has 0 radical (unpaired) electrons. The van der Waals surface area contributed by atoms with E-state index in [0.717, 1.165) is 12.1 Å². The highest BCUT2D eigenvalue weighted by atomic mass is 16.2. The highest BCUT2D eigenvalue weighted by molar-refractivity contribution is 5.97. The van der Waals surface area contributed by atoms with Gasteiger partial charge < -0.3 is 9.47 Å². The van der Waals surface area contributed by atoms with E-state index in [-0.39, 0.29) is 36.0 Å². The third-order valence-electron chi connectivity index (χ3n) is 5.49. The van der Waals surface area contributed by atoms with Gasteiger partial charge in [0.25, 0.3) is 5.56 Å². The molecule has 1 aromatic heterocycles. The number of ketones is 1. The number of piperidine rings is 1. The maximum atomic E-state index is 12.6. The van der Waals surface area contributed by atoms with Gasteiger partial charge in [-0.25, -0.2) is 0 Å². The first-order valence-electron chi connectivity index (χ1n) is 9.17. The zero-order chi connectivity index (χ0) is 18.1. The fraction of sp³-hybridized carbons (Fsp3) is 0.381. The lowest BCUT2D eigenvalue weighted by Crippen LogP contribution is -2.49. The lowest BCUT2D eigenvalue weighted by molar-refractivity contribution is -0.133. The van der Waals surface area contributed by atoms with Crippen molar-refractivity contribution in [3.05, 3.63) is 70.1 Å². The molecule has 0 N–H and O–H groups in total. The summed E-state index contributed by atoms with van der Waals surface area (Å²) < 4.78 is 1.86. The van der Waals surface area contributed by atoms with Crippen LogP contribution in [0.5, 0.6) is 0 Å². The molecule has 5 nitrogen and oxygen atoms in total. The fourth-order valence-corrected chi connectivity index (χ4v) is 4.25. The highest BCUT2D eigenvalue weighted by Crippen LogP contribution is 2.35. The maximum Gasteiger partial charge on any atom is 0.250 e. The summed E-state index contributed by atoms with van der Waals surface area (Å²) >= 11 is 0. The third-order valence-corrected chi connectivity index (χ3v) is 5.49. The van der Waals surface area contributed by atoms with Crippen molar-refractivity contribution >= 4 is 11.7 Å². The minimum Gasteiger partial charge on any atom is -0.342 e. The average molecular weight is 350 g/mol. The molecule has 1 fully saturated rings. The Kier molecular flexibility index (Phi) is 4.45. The summed E-state index contributed by atoms with van der Waals surface area (Å²) in [4.78, 5) is 38.8. The molecule has 26 heavy (non-hydrogen) atoms. The molecule has 0 spiro atoms. The van der Waals surface area contributed by atoms with Crippen molar-refractivity contribution < 1.29 is 9.59 Å². The number of benzene rings is 1. The predicted octanol–water partition coefficient (Wildman–Crippen LogP) is 2.46. The zero-order valence-electron chi connectivity index (χ0n) is 14.6. The third kappa shape index (κ3) is 3.21. The van der Waals surface area contributed by atoms with Gasteiger partial charge in [-0.2, -0.15) is 0 Å². The monoisotopic (exact) mass is 350 g/mol. The smallest absolute Gasteiger partial charge is 0.250 e. The number of amides is 1. The van der Waals surface area contributed by atoms with Crippen LogP contribution in [0, 0.1) is 5.92 Å². The van der Waals surface area contributed by atoms with E-state index in [1.54, 1.807) is 24.3 Å². The second-order valence-electron chi connectivity index (χ2n) is 7.29. The van der Waals surface area contributed by atoms with Gasteiger partial charge in [0.05, 0.1) is 0 Å². The Morgan fingerprint density at radius 3 is 2.54 bits per heavy atom. The molecular formula is C21H22N2O3. The van der Waals surface area contributed by atoms with Crippen molar-refractivity contribution in [2.75, 3.05) is 13.1 Å². The van der Waals surface area contributed by atoms with E-state index < -0.39 is 0 Å². The molecule has 2 aliphatic rings. The summed E-state index contributed by atoms with van der Waals surface area (Å²) in [6, 6.07) is 14.5. The molecule has 1 amide bonds. The lowest BCUT2D eigenvalue weighted by Gasteiger charge is -2.42. The van der Waals surface area contributed by atoms with Crippen molar-refractivity contribution in [2.45, 2.75) is 31.7 Å². The van der Waals surface area contributed by atoms with Crippen LogP contribution in [0.15, 0.2) is 53.3 Å². The normalized spacial score (nSPS) is 21.2. The molecule has 5 heteroatoms. The van der Waals surface area contributed by atoms with Crippen LogP contribution in [0.3, 0.4) is 0 Å². The number of carbonyl (C=O) groups is 2. The summed E-state index contributed by atoms with van der Waals surface area (Å²) in [6.07, 6.45) is 1.51. The fourth-order valence-electron chi connectivity index (χ4n) is 4.25. The average Bonchev–Trinajstić information content (AvgIpc) is 2.67. The molecule has 3 heterocycles. The van der Waals surface area contributed by atoms with E-state index in [9.17, 15) is 14.4 Å². The summed E-state index contributed by atoms with van der Waals surface area (Å²) in [5.41, 5.74) is 1.74. The molecule has 4 rings (SSSR count). The summed E-state index contributed by atoms with van der Waals surface area (Å²) in [7, 11) is 0. The van der Waals surface area contributed by atoms with Gasteiger partial charge in [-0.1, -0.05) is 36.4 Å². The number of rotatable bonds is 4. The van der Waals surface area contributed by atoms with Gasteiger partial charge in [-0.15, -0.1) is 0 Å². The van der Waals surface area contributed by atoms with Crippen molar-refractivity contribution in [1.29, 1.82) is 0 Å². The Morgan fingerprint density at radius 1 is 0.923 bits per heavy atom. The molecule has 0 saturated carbocycles. The van der Waals surface area contributed by atoms with E-state index in [0.29, 0.717) is 31.1 Å². The molecule has 1 aromatic carbocycles. The zero-order valence-corrected chi connectivity index (χ0v) is 14.6. The largest absolute Gasteiger partial charge is 0.342 e. The van der Waals surface area contributed by atoms with Crippen LogP contribution in [-0.4, -0.2) is 34.2 Å². The van der Waals surface area contributed by atoms with Crippen molar-refractivity contribution in [2.24, 2.45) is 5.92 Å². The second-order valence-corrected chi connectivity index (χ2v) is 7.29. The van der Waals surface area contributed by atoms with Crippen molar-refractivity contribution in [1.82, 2.24) is 9.47 Å². The molecule has 134 valence electrons. The van der Waals surface area contributed by atoms with E-state index in [1.807, 2.05) is 33.7 Å². The lowest BCUT2D eigenvalue weighted by atomic mass is 9.83. The SMILES string of the molecule is O=C(CCC(=O)N1C[C@@H]2C[C@H](C1)c1cccc(=O)n1C2)c1ccccc1. The highest BCUT2D eigenvalue weighted by Gasteiger charge is 2.36. The summed E-state index contributed by atoms with van der Waals surface area (Å²) in [5, 5.41) is 0. The van der Waals surface area contributed by atoms with Gasteiger partial charge in [0.1, 0.15) is 0 Å². The standard InChI is InChI=1S/C21H22N2O3/c24-19(16-5-2-1-3-6-16)9-10-20(25)22-12-15-11-17(14-22)18-7-4-8-21(26)23(18)13-15/h1-8,15,17H,9-14H2/t15-,17+/m0/s1. The van der Waals surface area contributed by atoms with Gasteiger partial charge in [-0.05, 0) is 18.4 Å². The number of aromatic nitrogens is 1. The van der Waals surface area contributed by atoms with Crippen LogP contribution in [0.4, 0.5) is 0 Å². The number of pyridine rings is 1. The molecule has 1 saturated heterocycles. The number of nitrogens with zero attached hydrogens (tertiary/aromatic N) is 2. The van der Waals surface area contributed by atoms with Gasteiger partial charge in [-0.3, -0.25) is 14.4 Å². The van der Waals surface area contributed by atoms with Gasteiger partial charge in [0, 0.05) is 55.7 Å². The van der Waals surface area contributed by atoms with Gasteiger partial charge in [0.15, 0.2) is 5.78 Å². The van der Waals surface area contributed by atoms with Crippen LogP contribution >= 0.6 is 0 Å². The van der Waals surface area contributed by atoms with Crippen molar-refractivity contribution in [3.63, 3.8) is 0 Å². The number of likely N-dealkylation sites (tertiary alicyclic amines) is 1. The van der Waals surface area contributed by atoms with Crippen LogP contribution in [0.1, 0.15) is 41.2 Å². The molecule has 0 unspecified atom stereocenters. The van der Waals surface area contributed by atoms with Crippen LogP contribution in [-0.2, 0) is 11.3 Å². The van der Waals surface area contributed by atoms with E-state index in [2.05, 4.69) is 0 Å². The number of hydrogen-bond acceptors (Lipinski definition) is 3. The predicted molar refractivity (Wildman–Crippen MR) is 98.1 cm³/mol. The Balaban J connectivity index is 1.41. The van der Waals surface area contributed by atoms with Crippen LogP contribution in [0.25, 0.3) is 0 Å². The molecule has 2 aromatic rings. The topological polar surface area (TPSA) is 59.4 Å². The Morgan fingerprint density at radius 2 is 1.73 bits per heavy atom. The first-order chi connectivity index (χ1) is 12.6. The van der Waals surface area contributed by atoms with E-state index in [1.165, 1.54) is 0 Å².